The van der Waals surface area contributed by atoms with Crippen LogP contribution >= 0.6 is 11.3 Å². The second kappa shape index (κ2) is 7.63. The van der Waals surface area contributed by atoms with Gasteiger partial charge in [0.1, 0.15) is 0 Å². The molecule has 0 saturated heterocycles. The van der Waals surface area contributed by atoms with Gasteiger partial charge < -0.3 is 5.32 Å². The van der Waals surface area contributed by atoms with Gasteiger partial charge in [0.15, 0.2) is 0 Å². The minimum Gasteiger partial charge on any atom is -0.309 e. The average molecular weight is 319 g/mol. The normalized spacial score (nSPS) is 17.3. The third-order valence-corrected chi connectivity index (χ3v) is 5.32. The molecule has 1 aliphatic carbocycles. The molecule has 2 rings (SSSR count). The van der Waals surface area contributed by atoms with Crippen molar-refractivity contribution in [3.63, 3.8) is 0 Å². The monoisotopic (exact) mass is 319 g/mol. The first-order valence-electron chi connectivity index (χ1n) is 7.91. The predicted octanol–water partition coefficient (Wildman–Crippen LogP) is 5.40. The molecule has 1 aliphatic rings. The van der Waals surface area contributed by atoms with E-state index in [9.17, 15) is 13.2 Å². The van der Waals surface area contributed by atoms with Crippen LogP contribution in [0.2, 0.25) is 0 Å². The average Bonchev–Trinajstić information content (AvgIpc) is 2.69. The number of halogens is 3. The molecule has 5 heteroatoms. The summed E-state index contributed by atoms with van der Waals surface area (Å²) in [5, 5.41) is 3.29. The summed E-state index contributed by atoms with van der Waals surface area (Å²) in [5.74, 6) is 0. The molecule has 21 heavy (non-hydrogen) atoms. The van der Waals surface area contributed by atoms with Gasteiger partial charge in [0, 0.05) is 22.2 Å². The third kappa shape index (κ3) is 5.29. The molecule has 0 spiro atoms. The van der Waals surface area contributed by atoms with Crippen molar-refractivity contribution >= 4 is 11.3 Å². The number of rotatable bonds is 6. The maximum absolute atomic E-state index is 12.5. The largest absolute Gasteiger partial charge is 0.389 e. The Bertz CT molecular complexity index is 416. The molecule has 1 nitrogen and oxygen atoms in total. The van der Waals surface area contributed by atoms with E-state index in [2.05, 4.69) is 11.4 Å². The molecule has 0 bridgehead atoms. The Kier molecular flexibility index (Phi) is 6.11. The number of hydrogen-bond donors (Lipinski definition) is 1. The number of aryl methyl sites for hydroxylation is 2. The van der Waals surface area contributed by atoms with Crippen LogP contribution in [0, 0.1) is 0 Å². The summed E-state index contributed by atoms with van der Waals surface area (Å²) in [6.45, 7) is 2.81. The van der Waals surface area contributed by atoms with Gasteiger partial charge in [0.25, 0.3) is 0 Å². The topological polar surface area (TPSA) is 12.0 Å². The zero-order chi connectivity index (χ0) is 15.3. The van der Waals surface area contributed by atoms with E-state index in [-0.39, 0.29) is 12.5 Å². The molecule has 0 aromatic carbocycles. The molecule has 1 atom stereocenters. The fraction of sp³-hybridized carbons (Fsp3) is 0.750. The second-order valence-electron chi connectivity index (χ2n) is 5.82. The predicted molar refractivity (Wildman–Crippen MR) is 81.9 cm³/mol. The number of thiophene rings is 1. The Morgan fingerprint density at radius 3 is 2.71 bits per heavy atom. The van der Waals surface area contributed by atoms with Crippen molar-refractivity contribution in [2.45, 2.75) is 70.5 Å². The first-order valence-corrected chi connectivity index (χ1v) is 8.73. The summed E-state index contributed by atoms with van der Waals surface area (Å²) < 4.78 is 37.5. The highest BCUT2D eigenvalue weighted by Gasteiger charge is 2.29. The minimum atomic E-state index is -4.07. The van der Waals surface area contributed by atoms with Crippen LogP contribution in [0.5, 0.6) is 0 Å². The Morgan fingerprint density at radius 1 is 1.24 bits per heavy atom. The molecule has 0 amide bonds. The summed E-state index contributed by atoms with van der Waals surface area (Å²) >= 11 is 1.73. The summed E-state index contributed by atoms with van der Waals surface area (Å²) in [6.07, 6.45) is 2.17. The van der Waals surface area contributed by atoms with Crippen molar-refractivity contribution in [2.75, 3.05) is 6.54 Å². The lowest BCUT2D eigenvalue weighted by molar-refractivity contribution is -0.136. The zero-order valence-corrected chi connectivity index (χ0v) is 13.4. The van der Waals surface area contributed by atoms with Crippen LogP contribution in [-0.4, -0.2) is 12.7 Å². The molecular weight excluding hydrogens is 295 g/mol. The molecule has 1 aromatic rings. The fourth-order valence-corrected chi connectivity index (χ4v) is 4.20. The quantitative estimate of drug-likeness (QED) is 0.692. The van der Waals surface area contributed by atoms with Crippen LogP contribution in [-0.2, 0) is 12.8 Å². The van der Waals surface area contributed by atoms with Gasteiger partial charge >= 0.3 is 6.18 Å². The fourth-order valence-electron chi connectivity index (χ4n) is 2.83. The zero-order valence-electron chi connectivity index (χ0n) is 12.6. The summed E-state index contributed by atoms with van der Waals surface area (Å²) in [7, 11) is 0. The molecule has 0 aliphatic heterocycles. The van der Waals surface area contributed by atoms with Crippen LogP contribution in [0.1, 0.15) is 66.8 Å². The Balaban J connectivity index is 2.08. The molecule has 0 saturated carbocycles. The first-order chi connectivity index (χ1) is 9.99. The van der Waals surface area contributed by atoms with Gasteiger partial charge in [-0.1, -0.05) is 13.3 Å². The van der Waals surface area contributed by atoms with E-state index < -0.39 is 12.6 Å². The maximum atomic E-state index is 12.5. The third-order valence-electron chi connectivity index (χ3n) is 3.97. The lowest BCUT2D eigenvalue weighted by Gasteiger charge is -2.18. The number of fused-ring (bicyclic) bond motifs is 1. The molecule has 1 aromatic heterocycles. The highest BCUT2D eigenvalue weighted by atomic mass is 32.1. The van der Waals surface area contributed by atoms with Crippen molar-refractivity contribution in [2.24, 2.45) is 0 Å². The number of nitrogens with one attached hydrogen (secondary N) is 1. The van der Waals surface area contributed by atoms with Crippen molar-refractivity contribution < 1.29 is 13.2 Å². The smallest absolute Gasteiger partial charge is 0.309 e. The summed E-state index contributed by atoms with van der Waals surface area (Å²) in [4.78, 5) is 2.50. The Labute approximate surface area is 128 Å². The summed E-state index contributed by atoms with van der Waals surface area (Å²) in [5.41, 5.74) is 1.38. The number of hydrogen-bond acceptors (Lipinski definition) is 2. The van der Waals surface area contributed by atoms with Crippen LogP contribution in [0.3, 0.4) is 0 Å². The van der Waals surface area contributed by atoms with Gasteiger partial charge in [-0.05, 0) is 56.7 Å². The second-order valence-corrected chi connectivity index (χ2v) is 6.99. The van der Waals surface area contributed by atoms with E-state index in [1.54, 1.807) is 11.3 Å². The lowest BCUT2D eigenvalue weighted by Crippen LogP contribution is -2.23. The minimum absolute atomic E-state index is 0.142. The van der Waals surface area contributed by atoms with E-state index >= 15 is 0 Å². The highest BCUT2D eigenvalue weighted by Crippen LogP contribution is 2.35. The summed E-state index contributed by atoms with van der Waals surface area (Å²) in [6, 6.07) is 2.01. The van der Waals surface area contributed by atoms with Gasteiger partial charge in [-0.25, -0.2) is 0 Å². The number of alkyl halides is 3. The van der Waals surface area contributed by atoms with Gasteiger partial charge in [-0.2, -0.15) is 13.2 Å². The van der Waals surface area contributed by atoms with Crippen molar-refractivity contribution in [3.05, 3.63) is 21.4 Å². The van der Waals surface area contributed by atoms with Crippen molar-refractivity contribution in [3.8, 4) is 0 Å². The van der Waals surface area contributed by atoms with E-state index in [0.29, 0.717) is 0 Å². The van der Waals surface area contributed by atoms with Gasteiger partial charge in [0.05, 0.1) is 0 Å². The van der Waals surface area contributed by atoms with E-state index in [1.165, 1.54) is 29.7 Å². The van der Waals surface area contributed by atoms with Gasteiger partial charge in [-0.3, -0.25) is 0 Å². The molecule has 1 N–H and O–H groups in total. The first kappa shape index (κ1) is 16.8. The maximum Gasteiger partial charge on any atom is 0.389 e. The molecule has 0 fully saturated rings. The Morgan fingerprint density at radius 2 is 2.00 bits per heavy atom. The van der Waals surface area contributed by atoms with Crippen LogP contribution in [0.4, 0.5) is 13.2 Å². The molecule has 1 heterocycles. The standard InChI is InChI=1S/C16H24F3NS/c1-2-10-20-13(8-9-16(17,18)19)15-11-12-6-4-3-5-7-14(12)21-15/h11,13,20H,2-10H2,1H3. The highest BCUT2D eigenvalue weighted by molar-refractivity contribution is 7.12. The molecule has 1 unspecified atom stereocenters. The van der Waals surface area contributed by atoms with Crippen molar-refractivity contribution in [1.29, 1.82) is 0 Å². The lowest BCUT2D eigenvalue weighted by atomic mass is 10.1. The molecule has 120 valence electrons. The SMILES string of the molecule is CCCNC(CCC(F)(F)F)c1cc2c(s1)CCCCC2. The van der Waals surface area contributed by atoms with E-state index in [0.717, 1.165) is 30.7 Å². The van der Waals surface area contributed by atoms with Crippen LogP contribution < -0.4 is 5.32 Å². The van der Waals surface area contributed by atoms with E-state index in [4.69, 9.17) is 0 Å². The van der Waals surface area contributed by atoms with E-state index in [1.807, 2.05) is 6.92 Å². The van der Waals surface area contributed by atoms with Gasteiger partial charge in [0.2, 0.25) is 0 Å². The van der Waals surface area contributed by atoms with Crippen LogP contribution in [0.25, 0.3) is 0 Å². The Hall–Kier alpha value is -0.550. The molecule has 0 radical (unpaired) electrons. The van der Waals surface area contributed by atoms with Gasteiger partial charge in [-0.15, -0.1) is 11.3 Å². The molecular formula is C16H24F3NS. The van der Waals surface area contributed by atoms with Crippen molar-refractivity contribution in [1.82, 2.24) is 5.32 Å². The van der Waals surface area contributed by atoms with Crippen LogP contribution in [0.15, 0.2) is 6.07 Å².